The van der Waals surface area contributed by atoms with Crippen molar-refractivity contribution in [1.29, 1.82) is 0 Å². The van der Waals surface area contributed by atoms with Gasteiger partial charge in [-0.1, -0.05) is 12.1 Å². The second kappa shape index (κ2) is 6.42. The summed E-state index contributed by atoms with van der Waals surface area (Å²) in [6, 6.07) is 8.22. The number of hydrogen-bond acceptors (Lipinski definition) is 5. The van der Waals surface area contributed by atoms with E-state index in [2.05, 4.69) is 10.3 Å². The number of para-hydroxylation sites is 1. The lowest BCUT2D eigenvalue weighted by Crippen LogP contribution is -2.22. The molecule has 0 aliphatic rings. The second-order valence-corrected chi connectivity index (χ2v) is 6.94. The topological polar surface area (TPSA) is 68.3 Å². The van der Waals surface area contributed by atoms with Gasteiger partial charge in [0.05, 0.1) is 11.6 Å². The molecular formula is C19H15FN2O3S. The van der Waals surface area contributed by atoms with Crippen LogP contribution in [0.5, 0.6) is 0 Å². The van der Waals surface area contributed by atoms with Crippen LogP contribution in [0, 0.1) is 19.7 Å². The molecule has 4 rings (SSSR count). The predicted molar refractivity (Wildman–Crippen MR) is 96.6 cm³/mol. The lowest BCUT2D eigenvalue weighted by atomic mass is 10.1. The van der Waals surface area contributed by atoms with Gasteiger partial charge in [-0.15, -0.1) is 11.3 Å². The number of nitrogens with one attached hydrogen (secondary N) is 1. The molecule has 0 aliphatic heterocycles. The number of halogens is 1. The number of nitrogens with zero attached hydrogens (tertiary/aromatic N) is 1. The van der Waals surface area contributed by atoms with Crippen molar-refractivity contribution in [2.45, 2.75) is 20.4 Å². The Morgan fingerprint density at radius 3 is 2.81 bits per heavy atom. The van der Waals surface area contributed by atoms with Crippen molar-refractivity contribution in [1.82, 2.24) is 10.3 Å². The zero-order valence-corrected chi connectivity index (χ0v) is 14.9. The Balaban J connectivity index is 1.50. The van der Waals surface area contributed by atoms with Gasteiger partial charge in [0, 0.05) is 16.3 Å². The summed E-state index contributed by atoms with van der Waals surface area (Å²) >= 11 is 1.54. The van der Waals surface area contributed by atoms with Gasteiger partial charge in [-0.05, 0) is 32.0 Å². The smallest absolute Gasteiger partial charge is 0.287 e. The number of carbonyl (C=O) groups excluding carboxylic acids is 1. The maximum absolute atomic E-state index is 13.8. The number of fused-ring (bicyclic) bond motifs is 1. The van der Waals surface area contributed by atoms with Gasteiger partial charge in [-0.3, -0.25) is 4.79 Å². The zero-order chi connectivity index (χ0) is 18.3. The van der Waals surface area contributed by atoms with Gasteiger partial charge < -0.3 is 14.2 Å². The molecule has 5 nitrogen and oxygen atoms in total. The van der Waals surface area contributed by atoms with Crippen LogP contribution < -0.4 is 5.32 Å². The monoisotopic (exact) mass is 370 g/mol. The van der Waals surface area contributed by atoms with Gasteiger partial charge in [0.25, 0.3) is 5.91 Å². The fourth-order valence-electron chi connectivity index (χ4n) is 2.76. The number of thiazole rings is 1. The van der Waals surface area contributed by atoms with Crippen LogP contribution in [0.4, 0.5) is 4.39 Å². The molecule has 3 heterocycles. The van der Waals surface area contributed by atoms with Crippen molar-refractivity contribution in [3.63, 3.8) is 0 Å². The molecule has 1 aromatic carbocycles. The van der Waals surface area contributed by atoms with Crippen molar-refractivity contribution < 1.29 is 18.0 Å². The number of benzene rings is 1. The number of hydrogen-bond donors (Lipinski definition) is 1. The molecule has 0 saturated carbocycles. The molecule has 7 heteroatoms. The minimum absolute atomic E-state index is 0.0920. The van der Waals surface area contributed by atoms with E-state index in [1.807, 2.05) is 18.4 Å². The van der Waals surface area contributed by atoms with E-state index in [1.165, 1.54) is 6.07 Å². The highest BCUT2D eigenvalue weighted by molar-refractivity contribution is 7.09. The van der Waals surface area contributed by atoms with Gasteiger partial charge in [-0.2, -0.15) is 0 Å². The number of furan rings is 2. The molecule has 4 aromatic rings. The zero-order valence-electron chi connectivity index (χ0n) is 14.1. The Bertz CT molecular complexity index is 1110. The first-order chi connectivity index (χ1) is 12.5. The summed E-state index contributed by atoms with van der Waals surface area (Å²) in [5.74, 6) is 0.450. The average molecular weight is 370 g/mol. The molecular weight excluding hydrogens is 355 g/mol. The number of aryl methyl sites for hydroxylation is 2. The fraction of sp³-hybridized carbons (Fsp3) is 0.158. The Kier molecular flexibility index (Phi) is 4.08. The largest absolute Gasteiger partial charge is 0.458 e. The quantitative estimate of drug-likeness (QED) is 0.558. The summed E-state index contributed by atoms with van der Waals surface area (Å²) in [7, 11) is 0. The van der Waals surface area contributed by atoms with Crippen LogP contribution in [0.3, 0.4) is 0 Å². The first-order valence-electron chi connectivity index (χ1n) is 8.00. The summed E-state index contributed by atoms with van der Waals surface area (Å²) in [5, 5.41) is 6.21. The highest BCUT2D eigenvalue weighted by Crippen LogP contribution is 2.27. The van der Waals surface area contributed by atoms with Crippen molar-refractivity contribution >= 4 is 28.2 Å². The van der Waals surface area contributed by atoms with Crippen LogP contribution >= 0.6 is 11.3 Å². The van der Waals surface area contributed by atoms with Gasteiger partial charge in [0.2, 0.25) is 0 Å². The van der Waals surface area contributed by atoms with E-state index in [-0.39, 0.29) is 17.9 Å². The highest BCUT2D eigenvalue weighted by atomic mass is 32.1. The van der Waals surface area contributed by atoms with Gasteiger partial charge in [0.15, 0.2) is 22.9 Å². The summed E-state index contributed by atoms with van der Waals surface area (Å²) in [4.78, 5) is 16.8. The molecule has 0 aliphatic carbocycles. The van der Waals surface area contributed by atoms with Crippen molar-refractivity contribution in [3.8, 4) is 11.5 Å². The molecule has 0 unspecified atom stereocenters. The molecule has 0 spiro atoms. The highest BCUT2D eigenvalue weighted by Gasteiger charge is 2.19. The molecule has 26 heavy (non-hydrogen) atoms. The van der Waals surface area contributed by atoms with Crippen molar-refractivity contribution in [3.05, 3.63) is 63.6 Å². The van der Waals surface area contributed by atoms with E-state index in [4.69, 9.17) is 8.83 Å². The Labute approximate surface area is 152 Å². The van der Waals surface area contributed by atoms with E-state index in [0.717, 1.165) is 10.7 Å². The van der Waals surface area contributed by atoms with Crippen LogP contribution in [0.25, 0.3) is 22.4 Å². The summed E-state index contributed by atoms with van der Waals surface area (Å²) < 4.78 is 25.0. The fourth-order valence-corrected chi connectivity index (χ4v) is 3.36. The van der Waals surface area contributed by atoms with E-state index in [9.17, 15) is 9.18 Å². The van der Waals surface area contributed by atoms with Crippen LogP contribution in [0.15, 0.2) is 44.5 Å². The van der Waals surface area contributed by atoms with Crippen LogP contribution in [-0.2, 0) is 6.54 Å². The molecule has 132 valence electrons. The van der Waals surface area contributed by atoms with Gasteiger partial charge >= 0.3 is 0 Å². The molecule has 1 amide bonds. The molecule has 3 aromatic heterocycles. The van der Waals surface area contributed by atoms with E-state index < -0.39 is 11.7 Å². The normalized spacial score (nSPS) is 11.2. The predicted octanol–water partition coefficient (Wildman–Crippen LogP) is 4.84. The first kappa shape index (κ1) is 16.5. The first-order valence-corrected chi connectivity index (χ1v) is 8.88. The summed E-state index contributed by atoms with van der Waals surface area (Å²) in [6.07, 6.45) is 0. The van der Waals surface area contributed by atoms with Crippen molar-refractivity contribution in [2.24, 2.45) is 0 Å². The van der Waals surface area contributed by atoms with Gasteiger partial charge in [0.1, 0.15) is 11.5 Å². The standard InChI is InChI=1S/C19H15FN2O3S/c1-10-13-4-3-5-14(20)18(13)25-17(10)19(23)21-8-12-6-7-16(24-12)15-9-26-11(2)22-15/h3-7,9H,8H2,1-2H3,(H,21,23). The number of carbonyl (C=O) groups is 1. The lowest BCUT2D eigenvalue weighted by molar-refractivity contribution is 0.0921. The third kappa shape index (κ3) is 2.90. The van der Waals surface area contributed by atoms with Crippen LogP contribution in [0.2, 0.25) is 0 Å². The minimum atomic E-state index is -0.487. The Morgan fingerprint density at radius 1 is 1.23 bits per heavy atom. The number of rotatable bonds is 4. The summed E-state index contributed by atoms with van der Waals surface area (Å²) in [6.45, 7) is 3.85. The summed E-state index contributed by atoms with van der Waals surface area (Å²) in [5.41, 5.74) is 1.47. The minimum Gasteiger partial charge on any atom is -0.458 e. The maximum Gasteiger partial charge on any atom is 0.287 e. The van der Waals surface area contributed by atoms with Gasteiger partial charge in [-0.25, -0.2) is 9.37 Å². The SMILES string of the molecule is Cc1nc(-c2ccc(CNC(=O)c3oc4c(F)cccc4c3C)o2)cs1. The van der Waals surface area contributed by atoms with E-state index in [0.29, 0.717) is 22.5 Å². The number of aromatic nitrogens is 1. The molecule has 0 radical (unpaired) electrons. The maximum atomic E-state index is 13.8. The molecule has 0 atom stereocenters. The third-order valence-corrected chi connectivity index (χ3v) is 4.85. The number of amides is 1. The molecule has 1 N–H and O–H groups in total. The second-order valence-electron chi connectivity index (χ2n) is 5.87. The lowest BCUT2D eigenvalue weighted by Gasteiger charge is -2.01. The van der Waals surface area contributed by atoms with Crippen LogP contribution in [-0.4, -0.2) is 10.9 Å². The van der Waals surface area contributed by atoms with E-state index >= 15 is 0 Å². The van der Waals surface area contributed by atoms with Crippen molar-refractivity contribution in [2.75, 3.05) is 0 Å². The average Bonchev–Trinajstić information content (AvgIpc) is 3.33. The third-order valence-electron chi connectivity index (χ3n) is 4.08. The molecule has 0 saturated heterocycles. The molecule has 0 bridgehead atoms. The van der Waals surface area contributed by atoms with E-state index in [1.54, 1.807) is 36.5 Å². The Hall–Kier alpha value is -2.93. The van der Waals surface area contributed by atoms with Crippen LogP contribution in [0.1, 0.15) is 26.9 Å². The Morgan fingerprint density at radius 2 is 2.08 bits per heavy atom. The molecule has 0 fully saturated rings.